The molecule has 2 N–H and O–H groups in total. The molecule has 1 heterocycles. The third-order valence-corrected chi connectivity index (χ3v) is 4.57. The van der Waals surface area contributed by atoms with Crippen LogP contribution in [-0.2, 0) is 10.0 Å². The first-order valence-electron chi connectivity index (χ1n) is 7.68. The molecule has 0 saturated carbocycles. The Balaban J connectivity index is 2.07. The van der Waals surface area contributed by atoms with Gasteiger partial charge in [-0.2, -0.15) is 0 Å². The molecule has 3 rings (SSSR count). The van der Waals surface area contributed by atoms with E-state index < -0.39 is 32.8 Å². The molecule has 1 aromatic heterocycles. The van der Waals surface area contributed by atoms with Crippen molar-refractivity contribution in [1.82, 2.24) is 4.98 Å². The van der Waals surface area contributed by atoms with Gasteiger partial charge in [0.15, 0.2) is 0 Å². The van der Waals surface area contributed by atoms with Gasteiger partial charge in [-0.15, -0.1) is 13.2 Å². The Morgan fingerprint density at radius 2 is 1.64 bits per heavy atom. The minimum atomic E-state index is -4.81. The molecule has 146 valence electrons. The highest BCUT2D eigenvalue weighted by Gasteiger charge is 2.31. The third-order valence-electron chi connectivity index (χ3n) is 3.68. The highest BCUT2D eigenvalue weighted by Crippen LogP contribution is 2.33. The molecule has 0 saturated heterocycles. The molecule has 0 unspecified atom stereocenters. The number of pyridine rings is 1. The summed E-state index contributed by atoms with van der Waals surface area (Å²) in [6, 6.07) is 11.2. The van der Waals surface area contributed by atoms with Gasteiger partial charge in [0.25, 0.3) is 0 Å². The van der Waals surface area contributed by atoms with Gasteiger partial charge < -0.3 is 4.74 Å². The van der Waals surface area contributed by atoms with Gasteiger partial charge in [-0.1, -0.05) is 18.2 Å². The van der Waals surface area contributed by atoms with Crippen molar-refractivity contribution >= 4 is 10.0 Å². The topological polar surface area (TPSA) is 82.3 Å². The number of sulfonamides is 1. The van der Waals surface area contributed by atoms with Gasteiger partial charge in [0.2, 0.25) is 10.0 Å². The molecular formula is C18H12F4N2O3S. The SMILES string of the molecule is NS(=O)(=O)c1cc(F)cc(-c2ncccc2-c2ccc(OC(F)(F)F)cc2)c1. The molecule has 2 aromatic carbocycles. The normalized spacial score (nSPS) is 12.0. The van der Waals surface area contributed by atoms with Crippen LogP contribution in [0.5, 0.6) is 5.75 Å². The molecular weight excluding hydrogens is 400 g/mol. The summed E-state index contributed by atoms with van der Waals surface area (Å²) in [4.78, 5) is 3.73. The number of hydrogen-bond acceptors (Lipinski definition) is 4. The van der Waals surface area contributed by atoms with E-state index in [1.807, 2.05) is 0 Å². The maximum absolute atomic E-state index is 13.9. The summed E-state index contributed by atoms with van der Waals surface area (Å²) in [6.07, 6.45) is -3.39. The molecule has 0 radical (unpaired) electrons. The lowest BCUT2D eigenvalue weighted by Gasteiger charge is -2.12. The number of hydrogen-bond donors (Lipinski definition) is 1. The van der Waals surface area contributed by atoms with Gasteiger partial charge in [0, 0.05) is 17.3 Å². The van der Waals surface area contributed by atoms with Crippen molar-refractivity contribution in [3.63, 3.8) is 0 Å². The Hall–Kier alpha value is -2.98. The van der Waals surface area contributed by atoms with Gasteiger partial charge in [-0.3, -0.25) is 4.98 Å². The largest absolute Gasteiger partial charge is 0.573 e. The Kier molecular flexibility index (Phi) is 5.09. The molecule has 28 heavy (non-hydrogen) atoms. The second kappa shape index (κ2) is 7.21. The van der Waals surface area contributed by atoms with E-state index in [9.17, 15) is 26.0 Å². The average Bonchev–Trinajstić information content (AvgIpc) is 2.60. The molecule has 10 heteroatoms. The minimum Gasteiger partial charge on any atom is -0.406 e. The average molecular weight is 412 g/mol. The van der Waals surface area contributed by atoms with Gasteiger partial charge in [-0.25, -0.2) is 17.9 Å². The van der Waals surface area contributed by atoms with Crippen LogP contribution in [0.1, 0.15) is 0 Å². The van der Waals surface area contributed by atoms with Crippen molar-refractivity contribution in [1.29, 1.82) is 0 Å². The Morgan fingerprint density at radius 1 is 0.964 bits per heavy atom. The van der Waals surface area contributed by atoms with Crippen LogP contribution in [0.3, 0.4) is 0 Å². The van der Waals surface area contributed by atoms with Crippen LogP contribution >= 0.6 is 0 Å². The lowest BCUT2D eigenvalue weighted by molar-refractivity contribution is -0.274. The van der Waals surface area contributed by atoms with E-state index >= 15 is 0 Å². The van der Waals surface area contributed by atoms with E-state index in [1.54, 1.807) is 12.1 Å². The zero-order valence-corrected chi connectivity index (χ0v) is 14.8. The van der Waals surface area contributed by atoms with Crippen LogP contribution in [0.25, 0.3) is 22.4 Å². The number of benzene rings is 2. The van der Waals surface area contributed by atoms with Crippen LogP contribution in [0, 0.1) is 5.82 Å². The maximum atomic E-state index is 13.9. The summed E-state index contributed by atoms with van der Waals surface area (Å²) in [5.74, 6) is -1.23. The van der Waals surface area contributed by atoms with Gasteiger partial charge in [0.1, 0.15) is 11.6 Å². The highest BCUT2D eigenvalue weighted by atomic mass is 32.2. The fraction of sp³-hybridized carbons (Fsp3) is 0.0556. The fourth-order valence-electron chi connectivity index (χ4n) is 2.57. The van der Waals surface area contributed by atoms with Gasteiger partial charge >= 0.3 is 6.36 Å². The van der Waals surface area contributed by atoms with E-state index in [4.69, 9.17) is 5.14 Å². The number of primary sulfonamides is 1. The lowest BCUT2D eigenvalue weighted by atomic mass is 9.99. The first-order chi connectivity index (χ1) is 13.0. The standard InChI is InChI=1S/C18H12F4N2O3S/c19-13-8-12(9-15(10-13)28(23,25)26)17-16(2-1-7-24-17)11-3-5-14(6-4-11)27-18(20,21)22/h1-10H,(H2,23,25,26). The Bertz CT molecular complexity index is 1110. The van der Waals surface area contributed by atoms with Crippen molar-refractivity contribution in [2.75, 3.05) is 0 Å². The second-order valence-corrected chi connectivity index (χ2v) is 7.25. The molecule has 0 bridgehead atoms. The van der Waals surface area contributed by atoms with Crippen LogP contribution in [0.2, 0.25) is 0 Å². The molecule has 3 aromatic rings. The molecule has 0 fully saturated rings. The summed E-state index contributed by atoms with van der Waals surface area (Å²) in [6.45, 7) is 0. The van der Waals surface area contributed by atoms with E-state index in [0.717, 1.165) is 24.3 Å². The van der Waals surface area contributed by atoms with Crippen molar-refractivity contribution in [3.05, 3.63) is 66.6 Å². The first kappa shape index (κ1) is 19.8. The summed E-state index contributed by atoms with van der Waals surface area (Å²) >= 11 is 0. The molecule has 0 atom stereocenters. The number of halogens is 4. The monoisotopic (exact) mass is 412 g/mol. The Labute approximate surface area is 157 Å². The summed E-state index contributed by atoms with van der Waals surface area (Å²) < 4.78 is 77.8. The van der Waals surface area contributed by atoms with E-state index in [1.165, 1.54) is 24.4 Å². The predicted molar refractivity (Wildman–Crippen MR) is 93.1 cm³/mol. The van der Waals surface area contributed by atoms with Crippen molar-refractivity contribution in [2.45, 2.75) is 11.3 Å². The van der Waals surface area contributed by atoms with Crippen LogP contribution < -0.4 is 9.88 Å². The van der Waals surface area contributed by atoms with Crippen LogP contribution in [-0.4, -0.2) is 19.8 Å². The molecule has 0 aliphatic heterocycles. The highest BCUT2D eigenvalue weighted by molar-refractivity contribution is 7.89. The predicted octanol–water partition coefficient (Wildman–Crippen LogP) is 4.10. The number of aromatic nitrogens is 1. The van der Waals surface area contributed by atoms with E-state index in [-0.39, 0.29) is 11.3 Å². The quantitative estimate of drug-likeness (QED) is 0.654. The second-order valence-electron chi connectivity index (χ2n) is 5.69. The summed E-state index contributed by atoms with van der Waals surface area (Å²) in [5.41, 5.74) is 1.30. The van der Waals surface area contributed by atoms with Crippen molar-refractivity contribution < 1.29 is 30.7 Å². The molecule has 0 aliphatic rings. The smallest absolute Gasteiger partial charge is 0.406 e. The van der Waals surface area contributed by atoms with Crippen LogP contribution in [0.4, 0.5) is 17.6 Å². The zero-order chi connectivity index (χ0) is 20.5. The molecule has 0 aliphatic carbocycles. The maximum Gasteiger partial charge on any atom is 0.573 e. The zero-order valence-electron chi connectivity index (χ0n) is 13.9. The minimum absolute atomic E-state index is 0.148. The molecule has 0 amide bonds. The van der Waals surface area contributed by atoms with Gasteiger partial charge in [0.05, 0.1) is 10.6 Å². The van der Waals surface area contributed by atoms with Gasteiger partial charge in [-0.05, 0) is 42.0 Å². The molecule has 5 nitrogen and oxygen atoms in total. The number of nitrogens with zero attached hydrogens (tertiary/aromatic N) is 1. The summed E-state index contributed by atoms with van der Waals surface area (Å²) in [5, 5.41) is 5.07. The lowest BCUT2D eigenvalue weighted by Crippen LogP contribution is -2.16. The number of nitrogens with two attached hydrogens (primary N) is 1. The third kappa shape index (κ3) is 4.65. The number of ether oxygens (including phenoxy) is 1. The first-order valence-corrected chi connectivity index (χ1v) is 9.22. The number of alkyl halides is 3. The van der Waals surface area contributed by atoms with E-state index in [2.05, 4.69) is 9.72 Å². The van der Waals surface area contributed by atoms with Crippen molar-refractivity contribution in [2.24, 2.45) is 5.14 Å². The fourth-order valence-corrected chi connectivity index (χ4v) is 3.14. The summed E-state index contributed by atoms with van der Waals surface area (Å²) in [7, 11) is -4.15. The Morgan fingerprint density at radius 3 is 2.25 bits per heavy atom. The molecule has 0 spiro atoms. The van der Waals surface area contributed by atoms with E-state index in [0.29, 0.717) is 11.1 Å². The number of rotatable bonds is 4. The van der Waals surface area contributed by atoms with Crippen LogP contribution in [0.15, 0.2) is 65.7 Å². The van der Waals surface area contributed by atoms with Crippen molar-refractivity contribution in [3.8, 4) is 28.1 Å².